The number of amides is 2. The molecule has 12 heavy (non-hydrogen) atoms. The predicted octanol–water partition coefficient (Wildman–Crippen LogP) is -1.71. The second-order valence-electron chi connectivity index (χ2n) is 2.96. The topological polar surface area (TPSA) is 75.4 Å². The second kappa shape index (κ2) is 3.53. The number of carbonyl (C=O) groups is 2. The zero-order chi connectivity index (χ0) is 9.14. The molecule has 0 aromatic heterocycles. The number of nitrogens with zero attached hydrogens (tertiary/aromatic N) is 1. The van der Waals surface area contributed by atoms with Gasteiger partial charge in [-0.05, 0) is 7.05 Å². The van der Waals surface area contributed by atoms with E-state index >= 15 is 0 Å². The average Bonchev–Trinajstić information content (AvgIpc) is 1.97. The largest absolute Gasteiger partial charge is 0.370 e. The Labute approximate surface area is 70.9 Å². The van der Waals surface area contributed by atoms with Crippen molar-refractivity contribution in [3.8, 4) is 0 Å². The minimum atomic E-state index is -0.441. The smallest absolute Gasteiger partial charge is 0.237 e. The van der Waals surface area contributed by atoms with Gasteiger partial charge in [-0.2, -0.15) is 0 Å². The van der Waals surface area contributed by atoms with E-state index in [0.717, 1.165) is 6.54 Å². The van der Waals surface area contributed by atoms with Crippen LogP contribution >= 0.6 is 0 Å². The fraction of sp³-hybridized carbons (Fsp3) is 0.714. The van der Waals surface area contributed by atoms with Gasteiger partial charge in [0.1, 0.15) is 0 Å². The molecule has 0 aliphatic carbocycles. The lowest BCUT2D eigenvalue weighted by Gasteiger charge is -2.30. The number of rotatable bonds is 2. The van der Waals surface area contributed by atoms with Crippen LogP contribution in [0.4, 0.5) is 0 Å². The van der Waals surface area contributed by atoms with Crippen molar-refractivity contribution in [2.75, 3.05) is 20.1 Å². The van der Waals surface area contributed by atoms with Gasteiger partial charge in [0.25, 0.3) is 0 Å². The van der Waals surface area contributed by atoms with Gasteiger partial charge in [-0.3, -0.25) is 14.5 Å². The zero-order valence-corrected chi connectivity index (χ0v) is 7.04. The molecule has 5 heteroatoms. The highest BCUT2D eigenvalue weighted by molar-refractivity contribution is 5.88. The van der Waals surface area contributed by atoms with Gasteiger partial charge in [-0.1, -0.05) is 0 Å². The van der Waals surface area contributed by atoms with Crippen LogP contribution in [0.2, 0.25) is 0 Å². The first-order valence-corrected chi connectivity index (χ1v) is 3.87. The van der Waals surface area contributed by atoms with Crippen LogP contribution < -0.4 is 11.1 Å². The van der Waals surface area contributed by atoms with Crippen LogP contribution in [0, 0.1) is 0 Å². The molecule has 0 radical (unpaired) electrons. The van der Waals surface area contributed by atoms with Crippen LogP contribution in [0.5, 0.6) is 0 Å². The van der Waals surface area contributed by atoms with Crippen LogP contribution in [0.1, 0.15) is 6.42 Å². The monoisotopic (exact) mass is 171 g/mol. The lowest BCUT2D eigenvalue weighted by atomic mass is 10.1. The standard InChI is InChI=1S/C7H13N3O2/c1-10-3-2-9-7(12)5(10)4-6(8)11/h5H,2-4H2,1H3,(H2,8,11)(H,9,12)/t5-/m1/s1. The van der Waals surface area contributed by atoms with Crippen LogP contribution in [-0.2, 0) is 9.59 Å². The van der Waals surface area contributed by atoms with Crippen LogP contribution in [0.3, 0.4) is 0 Å². The van der Waals surface area contributed by atoms with Crippen LogP contribution in [-0.4, -0.2) is 42.9 Å². The van der Waals surface area contributed by atoms with Crippen molar-refractivity contribution >= 4 is 11.8 Å². The predicted molar refractivity (Wildman–Crippen MR) is 43.2 cm³/mol. The van der Waals surface area contributed by atoms with Gasteiger partial charge in [-0.15, -0.1) is 0 Å². The third-order valence-corrected chi connectivity index (χ3v) is 1.99. The van der Waals surface area contributed by atoms with E-state index in [0.29, 0.717) is 6.54 Å². The van der Waals surface area contributed by atoms with Gasteiger partial charge in [0.2, 0.25) is 11.8 Å². The van der Waals surface area contributed by atoms with Crippen molar-refractivity contribution in [1.29, 1.82) is 0 Å². The summed E-state index contributed by atoms with van der Waals surface area (Å²) in [6.07, 6.45) is 0.0995. The van der Waals surface area contributed by atoms with Gasteiger partial charge in [-0.25, -0.2) is 0 Å². The van der Waals surface area contributed by atoms with Gasteiger partial charge >= 0.3 is 0 Å². The maximum Gasteiger partial charge on any atom is 0.237 e. The van der Waals surface area contributed by atoms with Crippen molar-refractivity contribution < 1.29 is 9.59 Å². The van der Waals surface area contributed by atoms with E-state index in [1.54, 1.807) is 0 Å². The minimum absolute atomic E-state index is 0.0995. The number of likely N-dealkylation sites (N-methyl/N-ethyl adjacent to an activating group) is 1. The maximum atomic E-state index is 11.2. The molecule has 68 valence electrons. The molecule has 1 heterocycles. The Bertz CT molecular complexity index is 205. The molecule has 1 saturated heterocycles. The van der Waals surface area contributed by atoms with E-state index in [4.69, 9.17) is 5.73 Å². The molecule has 0 aromatic carbocycles. The number of piperazine rings is 1. The normalized spacial score (nSPS) is 25.1. The highest BCUT2D eigenvalue weighted by Crippen LogP contribution is 2.04. The number of carbonyl (C=O) groups excluding carboxylic acids is 2. The fourth-order valence-corrected chi connectivity index (χ4v) is 1.27. The Morgan fingerprint density at radius 3 is 3.00 bits per heavy atom. The summed E-state index contributed by atoms with van der Waals surface area (Å²) in [5, 5.41) is 2.68. The first kappa shape index (κ1) is 8.99. The molecule has 5 nitrogen and oxygen atoms in total. The summed E-state index contributed by atoms with van der Waals surface area (Å²) in [4.78, 5) is 23.6. The minimum Gasteiger partial charge on any atom is -0.370 e. The Morgan fingerprint density at radius 2 is 2.50 bits per heavy atom. The quantitative estimate of drug-likeness (QED) is 0.519. The molecule has 3 N–H and O–H groups in total. The summed E-state index contributed by atoms with van der Waals surface area (Å²) in [6, 6.07) is -0.378. The molecule has 1 aliphatic heterocycles. The van der Waals surface area contributed by atoms with Crippen molar-refractivity contribution in [3.05, 3.63) is 0 Å². The van der Waals surface area contributed by atoms with E-state index < -0.39 is 5.91 Å². The Kier molecular flexibility index (Phi) is 2.65. The number of nitrogens with one attached hydrogen (secondary N) is 1. The molecule has 0 spiro atoms. The molecular formula is C7H13N3O2. The van der Waals surface area contributed by atoms with Crippen molar-refractivity contribution in [3.63, 3.8) is 0 Å². The highest BCUT2D eigenvalue weighted by Gasteiger charge is 2.27. The SMILES string of the molecule is CN1CCNC(=O)[C@H]1CC(N)=O. The fourth-order valence-electron chi connectivity index (χ4n) is 1.27. The van der Waals surface area contributed by atoms with E-state index in [9.17, 15) is 9.59 Å². The summed E-state index contributed by atoms with van der Waals surface area (Å²) in [5.74, 6) is -0.550. The zero-order valence-electron chi connectivity index (χ0n) is 7.04. The lowest BCUT2D eigenvalue weighted by molar-refractivity contribution is -0.132. The molecule has 0 bridgehead atoms. The van der Waals surface area contributed by atoms with Gasteiger partial charge < -0.3 is 11.1 Å². The Morgan fingerprint density at radius 1 is 1.83 bits per heavy atom. The van der Waals surface area contributed by atoms with E-state index in [1.807, 2.05) is 11.9 Å². The molecule has 2 amide bonds. The second-order valence-corrected chi connectivity index (χ2v) is 2.96. The third-order valence-electron chi connectivity index (χ3n) is 1.99. The van der Waals surface area contributed by atoms with E-state index in [1.165, 1.54) is 0 Å². The summed E-state index contributed by atoms with van der Waals surface area (Å²) in [5.41, 5.74) is 5.00. The molecule has 1 aliphatic rings. The first-order valence-electron chi connectivity index (χ1n) is 3.87. The number of hydrogen-bond donors (Lipinski definition) is 2. The molecule has 1 atom stereocenters. The summed E-state index contributed by atoms with van der Waals surface area (Å²) in [7, 11) is 1.81. The number of primary amides is 1. The third kappa shape index (κ3) is 1.94. The van der Waals surface area contributed by atoms with Gasteiger partial charge in [0.15, 0.2) is 0 Å². The molecule has 0 unspecified atom stereocenters. The summed E-state index contributed by atoms with van der Waals surface area (Å²) < 4.78 is 0. The Hall–Kier alpha value is -1.10. The number of nitrogens with two attached hydrogens (primary N) is 1. The summed E-state index contributed by atoms with van der Waals surface area (Å²) >= 11 is 0. The van der Waals surface area contributed by atoms with Gasteiger partial charge in [0.05, 0.1) is 12.5 Å². The maximum absolute atomic E-state index is 11.2. The van der Waals surface area contributed by atoms with Crippen molar-refractivity contribution in [2.24, 2.45) is 5.73 Å². The molecule has 1 rings (SSSR count). The number of hydrogen-bond acceptors (Lipinski definition) is 3. The lowest BCUT2D eigenvalue weighted by Crippen LogP contribution is -2.54. The van der Waals surface area contributed by atoms with E-state index in [2.05, 4.69) is 5.32 Å². The first-order chi connectivity index (χ1) is 5.61. The van der Waals surface area contributed by atoms with E-state index in [-0.39, 0.29) is 18.4 Å². The van der Waals surface area contributed by atoms with Crippen molar-refractivity contribution in [2.45, 2.75) is 12.5 Å². The molecular weight excluding hydrogens is 158 g/mol. The average molecular weight is 171 g/mol. The van der Waals surface area contributed by atoms with Crippen molar-refractivity contribution in [1.82, 2.24) is 10.2 Å². The van der Waals surface area contributed by atoms with Crippen LogP contribution in [0.25, 0.3) is 0 Å². The molecule has 1 fully saturated rings. The summed E-state index contributed by atoms with van der Waals surface area (Å²) in [6.45, 7) is 1.41. The molecule has 0 saturated carbocycles. The van der Waals surface area contributed by atoms with Crippen LogP contribution in [0.15, 0.2) is 0 Å². The highest BCUT2D eigenvalue weighted by atomic mass is 16.2. The molecule has 0 aromatic rings. The van der Waals surface area contributed by atoms with Gasteiger partial charge in [0, 0.05) is 13.1 Å². The Balaban J connectivity index is 2.57.